The van der Waals surface area contributed by atoms with Gasteiger partial charge in [0.1, 0.15) is 11.5 Å². The van der Waals surface area contributed by atoms with E-state index in [1.54, 1.807) is 30.5 Å². The molecule has 44 heavy (non-hydrogen) atoms. The number of aliphatic imine (C=N–C) groups is 1. The van der Waals surface area contributed by atoms with E-state index in [-0.39, 0.29) is 11.9 Å². The van der Waals surface area contributed by atoms with Crippen molar-refractivity contribution in [3.63, 3.8) is 0 Å². The number of esters is 2. The zero-order chi connectivity index (χ0) is 31.1. The van der Waals surface area contributed by atoms with Gasteiger partial charge in [0.2, 0.25) is 0 Å². The van der Waals surface area contributed by atoms with E-state index in [9.17, 15) is 9.59 Å². The summed E-state index contributed by atoms with van der Waals surface area (Å²) in [6, 6.07) is 30.7. The molecule has 0 saturated heterocycles. The quantitative estimate of drug-likeness (QED) is 0.0406. The average Bonchev–Trinajstić information content (AvgIpc) is 3.05. The van der Waals surface area contributed by atoms with Crippen LogP contribution < -0.4 is 9.47 Å². The highest BCUT2D eigenvalue weighted by Gasteiger charge is 2.10. The minimum absolute atomic E-state index is 0.238. The Morgan fingerprint density at radius 1 is 0.795 bits per heavy atom. The predicted octanol–water partition coefficient (Wildman–Crippen LogP) is 9.46. The molecular weight excluding hydrogens is 665 g/mol. The molecule has 1 atom stereocenters. The normalized spacial score (nSPS) is 11.7. The summed E-state index contributed by atoms with van der Waals surface area (Å²) in [6.45, 7) is 5.16. The van der Waals surface area contributed by atoms with E-state index in [0.717, 1.165) is 53.8 Å². The van der Waals surface area contributed by atoms with Crippen molar-refractivity contribution in [2.24, 2.45) is 10.9 Å². The van der Waals surface area contributed by atoms with Crippen LogP contribution in [0.3, 0.4) is 0 Å². The van der Waals surface area contributed by atoms with Gasteiger partial charge in [0.15, 0.2) is 0 Å². The number of hydrogen-bond donors (Lipinski definition) is 0. The molecule has 4 aromatic rings. The smallest absolute Gasteiger partial charge is 0.338 e. The molecule has 0 N–H and O–H groups in total. The lowest BCUT2D eigenvalue weighted by Gasteiger charge is -2.10. The summed E-state index contributed by atoms with van der Waals surface area (Å²) < 4.78 is 17.9. The SMILES string of the molecule is CCC(C)COC(=O)c1ccc(-c2ccc(OCCCCCC(=O)Oc3ccc(C=Nc4ccc(I)cc4)cc3)cc2)cc1. The molecule has 0 spiro atoms. The Morgan fingerprint density at radius 2 is 1.43 bits per heavy atom. The van der Waals surface area contributed by atoms with Crippen LogP contribution in [0.15, 0.2) is 102 Å². The molecular formula is C37H38INO5. The number of rotatable bonds is 15. The van der Waals surface area contributed by atoms with Crippen LogP contribution in [0.2, 0.25) is 0 Å². The second-order valence-corrected chi connectivity index (χ2v) is 11.9. The van der Waals surface area contributed by atoms with E-state index in [2.05, 4.69) is 41.4 Å². The van der Waals surface area contributed by atoms with Crippen LogP contribution in [0.25, 0.3) is 11.1 Å². The third-order valence-corrected chi connectivity index (χ3v) is 7.82. The standard InChI is InChI=1S/C37H38INO5/c1-3-27(2)26-43-37(41)31-12-10-29(11-13-31)30-14-22-34(23-15-30)42-24-6-4-5-7-36(40)44-35-20-8-28(9-21-35)25-39-33-18-16-32(38)17-19-33/h8-23,25,27H,3-7,24,26H2,1-2H3. The van der Waals surface area contributed by atoms with Crippen molar-refractivity contribution in [3.8, 4) is 22.6 Å². The number of nitrogens with zero attached hydrogens (tertiary/aromatic N) is 1. The maximum Gasteiger partial charge on any atom is 0.338 e. The van der Waals surface area contributed by atoms with Gasteiger partial charge >= 0.3 is 11.9 Å². The number of benzene rings is 4. The Labute approximate surface area is 273 Å². The molecule has 0 amide bonds. The maximum absolute atomic E-state index is 12.3. The van der Waals surface area contributed by atoms with E-state index in [1.807, 2.05) is 72.8 Å². The van der Waals surface area contributed by atoms with Crippen LogP contribution in [0.1, 0.15) is 61.9 Å². The summed E-state index contributed by atoms with van der Waals surface area (Å²) in [5.41, 5.74) is 4.44. The van der Waals surface area contributed by atoms with Crippen molar-refractivity contribution in [2.45, 2.75) is 46.0 Å². The summed E-state index contributed by atoms with van der Waals surface area (Å²) in [5.74, 6) is 1.16. The second kappa shape index (κ2) is 17.3. The first-order valence-electron chi connectivity index (χ1n) is 15.0. The van der Waals surface area contributed by atoms with Gasteiger partial charge in [-0.15, -0.1) is 0 Å². The predicted molar refractivity (Wildman–Crippen MR) is 184 cm³/mol. The molecule has 7 heteroatoms. The van der Waals surface area contributed by atoms with Gasteiger partial charge in [0.25, 0.3) is 0 Å². The van der Waals surface area contributed by atoms with Crippen molar-refractivity contribution in [1.29, 1.82) is 0 Å². The fourth-order valence-electron chi connectivity index (χ4n) is 4.18. The molecule has 228 valence electrons. The molecule has 0 aliphatic heterocycles. The van der Waals surface area contributed by atoms with E-state index in [1.165, 1.54) is 3.57 Å². The molecule has 6 nitrogen and oxygen atoms in total. The Kier molecular flexibility index (Phi) is 13.0. The van der Waals surface area contributed by atoms with Crippen LogP contribution in [-0.2, 0) is 9.53 Å². The van der Waals surface area contributed by atoms with Gasteiger partial charge in [-0.3, -0.25) is 9.79 Å². The summed E-state index contributed by atoms with van der Waals surface area (Å²) in [6.07, 6.45) is 5.58. The fourth-order valence-corrected chi connectivity index (χ4v) is 4.54. The van der Waals surface area contributed by atoms with Gasteiger partial charge in [-0.25, -0.2) is 4.79 Å². The summed E-state index contributed by atoms with van der Waals surface area (Å²) >= 11 is 2.26. The van der Waals surface area contributed by atoms with E-state index in [0.29, 0.717) is 36.9 Å². The summed E-state index contributed by atoms with van der Waals surface area (Å²) in [5, 5.41) is 0. The molecule has 1 unspecified atom stereocenters. The topological polar surface area (TPSA) is 74.2 Å². The van der Waals surface area contributed by atoms with Gasteiger partial charge < -0.3 is 14.2 Å². The van der Waals surface area contributed by atoms with Crippen molar-refractivity contribution < 1.29 is 23.8 Å². The first-order valence-corrected chi connectivity index (χ1v) is 16.1. The van der Waals surface area contributed by atoms with Crippen LogP contribution in [0, 0.1) is 9.49 Å². The van der Waals surface area contributed by atoms with Gasteiger partial charge in [-0.2, -0.15) is 0 Å². The largest absolute Gasteiger partial charge is 0.494 e. The first-order chi connectivity index (χ1) is 21.4. The highest BCUT2D eigenvalue weighted by atomic mass is 127. The van der Waals surface area contributed by atoms with Gasteiger partial charge in [-0.1, -0.05) is 44.5 Å². The van der Waals surface area contributed by atoms with Crippen molar-refractivity contribution in [2.75, 3.05) is 13.2 Å². The van der Waals surface area contributed by atoms with Crippen molar-refractivity contribution in [3.05, 3.63) is 112 Å². The Balaban J connectivity index is 1.10. The zero-order valence-electron chi connectivity index (χ0n) is 25.2. The van der Waals surface area contributed by atoms with Gasteiger partial charge in [0.05, 0.1) is 24.5 Å². The molecule has 0 aliphatic carbocycles. The third-order valence-electron chi connectivity index (χ3n) is 7.10. The van der Waals surface area contributed by atoms with Crippen molar-refractivity contribution in [1.82, 2.24) is 0 Å². The highest BCUT2D eigenvalue weighted by molar-refractivity contribution is 14.1. The number of ether oxygens (including phenoxy) is 3. The zero-order valence-corrected chi connectivity index (χ0v) is 27.4. The lowest BCUT2D eigenvalue weighted by atomic mass is 10.0. The molecule has 0 fully saturated rings. The molecule has 0 radical (unpaired) electrons. The van der Waals surface area contributed by atoms with E-state index < -0.39 is 0 Å². The Morgan fingerprint density at radius 3 is 2.09 bits per heavy atom. The molecule has 4 rings (SSSR count). The Hall–Kier alpha value is -3.98. The number of carbonyl (C=O) groups is 2. The third kappa shape index (κ3) is 10.9. The van der Waals surface area contributed by atoms with Gasteiger partial charge in [-0.05, 0) is 137 Å². The molecule has 0 bridgehead atoms. The fraction of sp³-hybridized carbons (Fsp3) is 0.270. The lowest BCUT2D eigenvalue weighted by molar-refractivity contribution is -0.134. The lowest BCUT2D eigenvalue weighted by Crippen LogP contribution is -2.11. The minimum Gasteiger partial charge on any atom is -0.494 e. The monoisotopic (exact) mass is 703 g/mol. The molecule has 0 saturated carbocycles. The maximum atomic E-state index is 12.3. The number of unbranched alkanes of at least 4 members (excludes halogenated alkanes) is 2. The van der Waals surface area contributed by atoms with Gasteiger partial charge in [0, 0.05) is 16.2 Å². The van der Waals surface area contributed by atoms with Crippen LogP contribution in [0.5, 0.6) is 11.5 Å². The van der Waals surface area contributed by atoms with E-state index >= 15 is 0 Å². The molecule has 0 aromatic heterocycles. The molecule has 0 heterocycles. The summed E-state index contributed by atoms with van der Waals surface area (Å²) in [7, 11) is 0. The van der Waals surface area contributed by atoms with Crippen molar-refractivity contribution >= 4 is 46.4 Å². The summed E-state index contributed by atoms with van der Waals surface area (Å²) in [4.78, 5) is 29.0. The average molecular weight is 704 g/mol. The number of carbonyl (C=O) groups excluding carboxylic acids is 2. The van der Waals surface area contributed by atoms with Crippen LogP contribution >= 0.6 is 22.6 Å². The highest BCUT2D eigenvalue weighted by Crippen LogP contribution is 2.24. The molecule has 0 aliphatic rings. The molecule has 4 aromatic carbocycles. The number of hydrogen-bond acceptors (Lipinski definition) is 6. The van der Waals surface area contributed by atoms with E-state index in [4.69, 9.17) is 14.2 Å². The minimum atomic E-state index is -0.289. The van der Waals surface area contributed by atoms with Crippen LogP contribution in [0.4, 0.5) is 5.69 Å². The number of halogens is 1. The first kappa shape index (κ1) is 32.9. The Bertz CT molecular complexity index is 1500. The second-order valence-electron chi connectivity index (χ2n) is 10.7. The van der Waals surface area contributed by atoms with Crippen LogP contribution in [-0.4, -0.2) is 31.4 Å².